The molecular formula is C14H15N3O. The molecule has 3 rings (SSSR count). The summed E-state index contributed by atoms with van der Waals surface area (Å²) in [6, 6.07) is 7.82. The van der Waals surface area contributed by atoms with Crippen LogP contribution in [0.5, 0.6) is 0 Å². The second kappa shape index (κ2) is 4.29. The number of nitrogens with zero attached hydrogens (tertiary/aromatic N) is 2. The van der Waals surface area contributed by atoms with Crippen LogP contribution in [0.15, 0.2) is 28.7 Å². The molecule has 0 radical (unpaired) electrons. The van der Waals surface area contributed by atoms with Crippen molar-refractivity contribution < 1.29 is 4.42 Å². The van der Waals surface area contributed by atoms with Crippen LogP contribution in [0, 0.1) is 0 Å². The molecule has 0 spiro atoms. The number of nitrogen functional groups attached to an aromatic ring is 1. The summed E-state index contributed by atoms with van der Waals surface area (Å²) < 4.78 is 5.83. The van der Waals surface area contributed by atoms with E-state index in [2.05, 4.69) is 16.9 Å². The minimum Gasteiger partial charge on any atom is -0.440 e. The van der Waals surface area contributed by atoms with E-state index >= 15 is 0 Å². The van der Waals surface area contributed by atoms with Crippen LogP contribution in [0.4, 0.5) is 5.82 Å². The molecule has 4 nitrogen and oxygen atoms in total. The maximum atomic E-state index is 5.93. The van der Waals surface area contributed by atoms with Crippen LogP contribution in [-0.4, -0.2) is 9.97 Å². The fourth-order valence-electron chi connectivity index (χ4n) is 2.10. The largest absolute Gasteiger partial charge is 0.440 e. The van der Waals surface area contributed by atoms with E-state index in [9.17, 15) is 0 Å². The summed E-state index contributed by atoms with van der Waals surface area (Å²) in [5.41, 5.74) is 8.21. The Kier molecular flexibility index (Phi) is 2.63. The van der Waals surface area contributed by atoms with Crippen molar-refractivity contribution in [3.8, 4) is 0 Å². The second-order valence-electron chi connectivity index (χ2n) is 4.40. The molecule has 18 heavy (non-hydrogen) atoms. The van der Waals surface area contributed by atoms with Crippen LogP contribution >= 0.6 is 0 Å². The first-order chi connectivity index (χ1) is 8.79. The van der Waals surface area contributed by atoms with Crippen LogP contribution in [-0.2, 0) is 6.42 Å². The number of nitrogens with two attached hydrogens (primary N) is 1. The van der Waals surface area contributed by atoms with Gasteiger partial charge in [0.1, 0.15) is 0 Å². The van der Waals surface area contributed by atoms with Gasteiger partial charge in [0.2, 0.25) is 0 Å². The summed E-state index contributed by atoms with van der Waals surface area (Å²) in [5, 5.41) is 0.969. The highest BCUT2D eigenvalue weighted by Crippen LogP contribution is 2.28. The predicted octanol–water partition coefficient (Wildman–Crippen LogP) is 3.30. The molecule has 0 bridgehead atoms. The number of hydrogen-bond donors (Lipinski definition) is 1. The molecular weight excluding hydrogens is 226 g/mol. The Morgan fingerprint density at radius 3 is 2.89 bits per heavy atom. The second-order valence-corrected chi connectivity index (χ2v) is 4.40. The lowest BCUT2D eigenvalue weighted by molar-refractivity contribution is 0.519. The lowest BCUT2D eigenvalue weighted by atomic mass is 10.2. The Morgan fingerprint density at radius 2 is 2.06 bits per heavy atom. The van der Waals surface area contributed by atoms with Crippen molar-refractivity contribution in [1.29, 1.82) is 0 Å². The Balaban J connectivity index is 2.24. The van der Waals surface area contributed by atoms with Gasteiger partial charge in [0.25, 0.3) is 0 Å². The Morgan fingerprint density at radius 1 is 1.22 bits per heavy atom. The van der Waals surface area contributed by atoms with E-state index in [4.69, 9.17) is 10.2 Å². The SMILES string of the molecule is CCCCc1nc2c(N)nc3ccccc3c2o1. The first-order valence-electron chi connectivity index (χ1n) is 6.23. The quantitative estimate of drug-likeness (QED) is 0.764. The van der Waals surface area contributed by atoms with E-state index in [-0.39, 0.29) is 0 Å². The molecule has 0 aliphatic carbocycles. The number of rotatable bonds is 3. The zero-order chi connectivity index (χ0) is 12.5. The minimum atomic E-state index is 0.440. The van der Waals surface area contributed by atoms with Gasteiger partial charge in [-0.15, -0.1) is 0 Å². The minimum absolute atomic E-state index is 0.440. The molecule has 0 atom stereocenters. The molecule has 2 N–H and O–H groups in total. The van der Waals surface area contributed by atoms with Crippen molar-refractivity contribution in [2.45, 2.75) is 26.2 Å². The lowest BCUT2D eigenvalue weighted by Gasteiger charge is -1.98. The molecule has 1 aromatic carbocycles. The number of hydrogen-bond acceptors (Lipinski definition) is 4. The average Bonchev–Trinajstić information content (AvgIpc) is 2.81. The van der Waals surface area contributed by atoms with E-state index in [1.54, 1.807) is 0 Å². The van der Waals surface area contributed by atoms with E-state index < -0.39 is 0 Å². The van der Waals surface area contributed by atoms with Crippen molar-refractivity contribution in [1.82, 2.24) is 9.97 Å². The standard InChI is InChI=1S/C14H15N3O/c1-2-3-8-11-17-12-13(18-11)9-6-4-5-7-10(9)16-14(12)15/h4-7H,2-3,8H2,1H3,(H2,15,16). The number of anilines is 1. The topological polar surface area (TPSA) is 64.9 Å². The van der Waals surface area contributed by atoms with Gasteiger partial charge in [-0.2, -0.15) is 0 Å². The van der Waals surface area contributed by atoms with Gasteiger partial charge in [-0.3, -0.25) is 0 Å². The van der Waals surface area contributed by atoms with Crippen molar-refractivity contribution >= 4 is 27.8 Å². The molecule has 0 saturated carbocycles. The van der Waals surface area contributed by atoms with Crippen molar-refractivity contribution in [2.24, 2.45) is 0 Å². The fourth-order valence-corrected chi connectivity index (χ4v) is 2.10. The molecule has 4 heteroatoms. The molecule has 92 valence electrons. The maximum Gasteiger partial charge on any atom is 0.195 e. The van der Waals surface area contributed by atoms with E-state index in [1.165, 1.54) is 0 Å². The normalized spacial score (nSPS) is 11.4. The van der Waals surface area contributed by atoms with Crippen LogP contribution in [0.2, 0.25) is 0 Å². The van der Waals surface area contributed by atoms with E-state index in [1.807, 2.05) is 24.3 Å². The molecule has 2 heterocycles. The third kappa shape index (κ3) is 1.70. The molecule has 0 fully saturated rings. The lowest BCUT2D eigenvalue weighted by Crippen LogP contribution is -1.92. The van der Waals surface area contributed by atoms with Gasteiger partial charge in [-0.1, -0.05) is 25.5 Å². The molecule has 0 aliphatic rings. The summed E-state index contributed by atoms with van der Waals surface area (Å²) in [6.07, 6.45) is 3.03. The van der Waals surface area contributed by atoms with Gasteiger partial charge in [-0.25, -0.2) is 9.97 Å². The Bertz CT molecular complexity index is 703. The van der Waals surface area contributed by atoms with Crippen LogP contribution in [0.1, 0.15) is 25.7 Å². The van der Waals surface area contributed by atoms with Crippen LogP contribution in [0.25, 0.3) is 22.0 Å². The number of oxazole rings is 1. The smallest absolute Gasteiger partial charge is 0.195 e. The molecule has 0 aliphatic heterocycles. The predicted molar refractivity (Wildman–Crippen MR) is 72.3 cm³/mol. The summed E-state index contributed by atoms with van der Waals surface area (Å²) in [4.78, 5) is 8.80. The zero-order valence-corrected chi connectivity index (χ0v) is 10.3. The summed E-state index contributed by atoms with van der Waals surface area (Å²) in [7, 11) is 0. The van der Waals surface area contributed by atoms with Gasteiger partial charge < -0.3 is 10.2 Å². The summed E-state index contributed by atoms with van der Waals surface area (Å²) >= 11 is 0. The Labute approximate surface area is 105 Å². The van der Waals surface area contributed by atoms with Crippen LogP contribution in [0.3, 0.4) is 0 Å². The van der Waals surface area contributed by atoms with Gasteiger partial charge in [-0.05, 0) is 18.6 Å². The van der Waals surface area contributed by atoms with Crippen molar-refractivity contribution in [3.63, 3.8) is 0 Å². The first-order valence-corrected chi connectivity index (χ1v) is 6.23. The molecule has 2 aromatic heterocycles. The van der Waals surface area contributed by atoms with Gasteiger partial charge >= 0.3 is 0 Å². The van der Waals surface area contributed by atoms with Gasteiger partial charge in [0.05, 0.1) is 5.52 Å². The first kappa shape index (κ1) is 11.0. The van der Waals surface area contributed by atoms with Gasteiger partial charge in [0.15, 0.2) is 22.8 Å². The van der Waals surface area contributed by atoms with Gasteiger partial charge in [0, 0.05) is 11.8 Å². The molecule has 0 amide bonds. The maximum absolute atomic E-state index is 5.93. The Hall–Kier alpha value is -2.10. The summed E-state index contributed by atoms with van der Waals surface area (Å²) in [6.45, 7) is 2.15. The number of fused-ring (bicyclic) bond motifs is 3. The highest BCUT2D eigenvalue weighted by atomic mass is 16.3. The van der Waals surface area contributed by atoms with E-state index in [0.29, 0.717) is 11.3 Å². The average molecular weight is 241 g/mol. The van der Waals surface area contributed by atoms with Crippen molar-refractivity contribution in [3.05, 3.63) is 30.2 Å². The van der Waals surface area contributed by atoms with E-state index in [0.717, 1.165) is 41.6 Å². The molecule has 0 unspecified atom stereocenters. The summed E-state index contributed by atoms with van der Waals surface area (Å²) in [5.74, 6) is 1.19. The number of pyridine rings is 1. The number of aryl methyl sites for hydroxylation is 1. The zero-order valence-electron chi connectivity index (χ0n) is 10.3. The number of unbranched alkanes of at least 4 members (excludes halogenated alkanes) is 1. The monoisotopic (exact) mass is 241 g/mol. The highest BCUT2D eigenvalue weighted by molar-refractivity contribution is 6.04. The third-order valence-electron chi connectivity index (χ3n) is 3.05. The number of para-hydroxylation sites is 1. The third-order valence-corrected chi connectivity index (χ3v) is 3.05. The number of benzene rings is 1. The number of aromatic nitrogens is 2. The molecule has 3 aromatic rings. The van der Waals surface area contributed by atoms with Crippen molar-refractivity contribution in [2.75, 3.05) is 5.73 Å². The molecule has 0 saturated heterocycles. The fraction of sp³-hybridized carbons (Fsp3) is 0.286. The van der Waals surface area contributed by atoms with Crippen LogP contribution < -0.4 is 5.73 Å². The highest BCUT2D eigenvalue weighted by Gasteiger charge is 2.13.